The van der Waals surface area contributed by atoms with Crippen LogP contribution < -0.4 is 11.0 Å². The molecule has 5 rings (SSSR count). The van der Waals surface area contributed by atoms with Crippen LogP contribution in [0.5, 0.6) is 0 Å². The van der Waals surface area contributed by atoms with E-state index in [1.54, 1.807) is 34.9 Å². The second-order valence-electron chi connectivity index (χ2n) is 7.08. The number of benzene rings is 2. The largest absolute Gasteiger partial charge is 0.448 e. The summed E-state index contributed by atoms with van der Waals surface area (Å²) >= 11 is 1.22. The number of nitrogens with zero attached hydrogens (tertiary/aromatic N) is 4. The molecule has 0 bridgehead atoms. The Balaban J connectivity index is 1.41. The monoisotopic (exact) mass is 467 g/mol. The van der Waals surface area contributed by atoms with E-state index in [4.69, 9.17) is 9.40 Å². The summed E-state index contributed by atoms with van der Waals surface area (Å²) in [4.78, 5) is 33.9. The van der Waals surface area contributed by atoms with Crippen LogP contribution in [-0.4, -0.2) is 26.7 Å². The first kappa shape index (κ1) is 21.4. The van der Waals surface area contributed by atoms with Gasteiger partial charge in [-0.05, 0) is 60.3 Å². The quantitative estimate of drug-likeness (QED) is 0.227. The number of hydrazone groups is 1. The van der Waals surface area contributed by atoms with Crippen LogP contribution in [0.1, 0.15) is 16.1 Å². The second-order valence-corrected chi connectivity index (χ2v) is 8.05. The average Bonchev–Trinajstić information content (AvgIpc) is 3.32. The van der Waals surface area contributed by atoms with Gasteiger partial charge in [0.1, 0.15) is 5.76 Å². The lowest BCUT2D eigenvalue weighted by atomic mass is 10.2. The predicted molar refractivity (Wildman–Crippen MR) is 129 cm³/mol. The third-order valence-electron chi connectivity index (χ3n) is 4.85. The van der Waals surface area contributed by atoms with Crippen molar-refractivity contribution in [3.8, 4) is 5.69 Å². The zero-order valence-corrected chi connectivity index (χ0v) is 18.5. The fraction of sp³-hybridized carbons (Fsp3) is 0. The van der Waals surface area contributed by atoms with Gasteiger partial charge in [0.05, 0.1) is 22.8 Å². The molecule has 0 atom stereocenters. The van der Waals surface area contributed by atoms with Crippen molar-refractivity contribution in [1.82, 2.24) is 20.0 Å². The maximum Gasteiger partial charge on any atom is 0.271 e. The number of para-hydroxylation sites is 2. The molecule has 0 fully saturated rings. The summed E-state index contributed by atoms with van der Waals surface area (Å²) in [7, 11) is 0. The van der Waals surface area contributed by atoms with Gasteiger partial charge in [-0.25, -0.2) is 10.4 Å². The molecule has 0 saturated carbocycles. The minimum Gasteiger partial charge on any atom is -0.448 e. The molecule has 0 aliphatic carbocycles. The summed E-state index contributed by atoms with van der Waals surface area (Å²) in [5.41, 5.74) is 4.04. The Morgan fingerprint density at radius 2 is 1.74 bits per heavy atom. The molecule has 34 heavy (non-hydrogen) atoms. The van der Waals surface area contributed by atoms with Gasteiger partial charge in [0.15, 0.2) is 10.2 Å². The number of aromatic nitrogens is 3. The van der Waals surface area contributed by atoms with E-state index in [9.17, 15) is 9.59 Å². The van der Waals surface area contributed by atoms with Crippen molar-refractivity contribution in [3.63, 3.8) is 0 Å². The molecule has 0 spiro atoms. The molecular formula is C25H17N5O3S. The fourth-order valence-corrected chi connectivity index (χ4v) is 4.13. The lowest BCUT2D eigenvalue weighted by molar-refractivity contribution is 0.0955. The van der Waals surface area contributed by atoms with Crippen LogP contribution in [0.2, 0.25) is 0 Å². The van der Waals surface area contributed by atoms with Crippen molar-refractivity contribution < 1.29 is 9.21 Å². The Morgan fingerprint density at radius 1 is 0.971 bits per heavy atom. The van der Waals surface area contributed by atoms with Crippen LogP contribution in [0.25, 0.3) is 16.6 Å². The summed E-state index contributed by atoms with van der Waals surface area (Å²) < 4.78 is 7.38. The van der Waals surface area contributed by atoms with E-state index in [0.29, 0.717) is 38.2 Å². The van der Waals surface area contributed by atoms with Crippen molar-refractivity contribution >= 4 is 34.8 Å². The van der Waals surface area contributed by atoms with Gasteiger partial charge in [0.25, 0.3) is 11.5 Å². The van der Waals surface area contributed by atoms with Gasteiger partial charge in [-0.15, -0.1) is 0 Å². The zero-order chi connectivity index (χ0) is 23.3. The highest BCUT2D eigenvalue weighted by Gasteiger charge is 2.15. The summed E-state index contributed by atoms with van der Waals surface area (Å²) in [6.45, 7) is 0. The van der Waals surface area contributed by atoms with Crippen LogP contribution in [0.3, 0.4) is 0 Å². The van der Waals surface area contributed by atoms with E-state index in [2.05, 4.69) is 15.5 Å². The Kier molecular flexibility index (Phi) is 6.00. The predicted octanol–water partition coefficient (Wildman–Crippen LogP) is 4.29. The zero-order valence-electron chi connectivity index (χ0n) is 17.7. The van der Waals surface area contributed by atoms with Gasteiger partial charge >= 0.3 is 0 Å². The van der Waals surface area contributed by atoms with E-state index >= 15 is 0 Å². The van der Waals surface area contributed by atoms with Crippen LogP contribution >= 0.6 is 11.8 Å². The number of rotatable bonds is 6. The van der Waals surface area contributed by atoms with Crippen LogP contribution in [-0.2, 0) is 0 Å². The Bertz CT molecular complexity index is 1550. The van der Waals surface area contributed by atoms with Gasteiger partial charge in [0, 0.05) is 18.0 Å². The van der Waals surface area contributed by atoms with Crippen molar-refractivity contribution in [2.75, 3.05) is 0 Å². The SMILES string of the molecule is O=C(N/N=C/c1ccc(Sc2nc3ccccc3c(=O)n2-c2ccccc2)o1)c1ccncc1. The Morgan fingerprint density at radius 3 is 2.56 bits per heavy atom. The van der Waals surface area contributed by atoms with Gasteiger partial charge in [-0.2, -0.15) is 5.10 Å². The Hall–Kier alpha value is -4.50. The highest BCUT2D eigenvalue weighted by atomic mass is 32.2. The molecule has 0 radical (unpaired) electrons. The standard InChI is InChI=1S/C25H17N5O3S/c31-23(17-12-14-26-15-13-17)29-27-16-19-10-11-22(33-19)34-25-28-21-9-5-4-8-20(21)24(32)30(25)18-6-2-1-3-7-18/h1-16H,(H,29,31)/b27-16+. The van der Waals surface area contributed by atoms with Gasteiger partial charge in [-0.1, -0.05) is 30.3 Å². The van der Waals surface area contributed by atoms with E-state index in [1.165, 1.54) is 30.4 Å². The van der Waals surface area contributed by atoms with Crippen molar-refractivity contribution in [2.24, 2.45) is 5.10 Å². The summed E-state index contributed by atoms with van der Waals surface area (Å²) in [5, 5.41) is 5.47. The minimum absolute atomic E-state index is 0.161. The minimum atomic E-state index is -0.355. The summed E-state index contributed by atoms with van der Waals surface area (Å²) in [5.74, 6) is 0.0824. The highest BCUT2D eigenvalue weighted by Crippen LogP contribution is 2.29. The lowest BCUT2D eigenvalue weighted by Gasteiger charge is -2.12. The molecule has 1 N–H and O–H groups in total. The third kappa shape index (κ3) is 4.50. The maximum atomic E-state index is 13.3. The van der Waals surface area contributed by atoms with Gasteiger partial charge < -0.3 is 4.42 Å². The number of carbonyl (C=O) groups excluding carboxylic acids is 1. The topological polar surface area (TPSA) is 102 Å². The molecule has 2 aromatic carbocycles. The number of amides is 1. The molecule has 0 unspecified atom stereocenters. The van der Waals surface area contributed by atoms with Crippen LogP contribution in [0, 0.1) is 0 Å². The number of fused-ring (bicyclic) bond motifs is 1. The van der Waals surface area contributed by atoms with Gasteiger partial charge in [-0.3, -0.25) is 19.1 Å². The molecule has 9 heteroatoms. The van der Waals surface area contributed by atoms with E-state index in [-0.39, 0.29) is 11.5 Å². The molecule has 3 heterocycles. The number of hydrogen-bond acceptors (Lipinski definition) is 7. The average molecular weight is 468 g/mol. The highest BCUT2D eigenvalue weighted by molar-refractivity contribution is 7.99. The molecule has 8 nitrogen and oxygen atoms in total. The number of furan rings is 1. The third-order valence-corrected chi connectivity index (χ3v) is 5.73. The molecule has 0 aliphatic rings. The normalized spacial score (nSPS) is 11.2. The Labute approximate surface area is 198 Å². The molecule has 0 saturated heterocycles. The molecule has 0 aliphatic heterocycles. The first-order valence-corrected chi connectivity index (χ1v) is 11.1. The molecule has 166 valence electrons. The van der Waals surface area contributed by atoms with Crippen LogP contribution in [0.15, 0.2) is 116 Å². The number of nitrogens with one attached hydrogen (secondary N) is 1. The summed E-state index contributed by atoms with van der Waals surface area (Å²) in [6, 6.07) is 23.2. The summed E-state index contributed by atoms with van der Waals surface area (Å²) in [6.07, 6.45) is 4.47. The second kappa shape index (κ2) is 9.55. The number of hydrogen-bond donors (Lipinski definition) is 1. The maximum absolute atomic E-state index is 13.3. The number of carbonyl (C=O) groups is 1. The van der Waals surface area contributed by atoms with Crippen molar-refractivity contribution in [3.05, 3.63) is 113 Å². The molecular weight excluding hydrogens is 450 g/mol. The van der Waals surface area contributed by atoms with Crippen molar-refractivity contribution in [1.29, 1.82) is 0 Å². The van der Waals surface area contributed by atoms with E-state index < -0.39 is 0 Å². The molecule has 1 amide bonds. The van der Waals surface area contributed by atoms with E-state index in [1.807, 2.05) is 48.5 Å². The van der Waals surface area contributed by atoms with Gasteiger partial charge in [0.2, 0.25) is 0 Å². The molecule has 5 aromatic rings. The smallest absolute Gasteiger partial charge is 0.271 e. The molecule has 3 aromatic heterocycles. The van der Waals surface area contributed by atoms with E-state index in [0.717, 1.165) is 0 Å². The lowest BCUT2D eigenvalue weighted by Crippen LogP contribution is -2.21. The first-order valence-electron chi connectivity index (χ1n) is 10.3. The van der Waals surface area contributed by atoms with Crippen LogP contribution in [0.4, 0.5) is 0 Å². The fourth-order valence-electron chi connectivity index (χ4n) is 3.26. The number of pyridine rings is 1. The first-order chi connectivity index (χ1) is 16.7. The van der Waals surface area contributed by atoms with Crippen molar-refractivity contribution in [2.45, 2.75) is 10.2 Å².